The van der Waals surface area contributed by atoms with Gasteiger partial charge in [0.2, 0.25) is 6.71 Å². The minimum Gasteiger partial charge on any atom is -0.456 e. The molecule has 3 heterocycles. The summed E-state index contributed by atoms with van der Waals surface area (Å²) in [5.74, 6) is 0. The second-order valence-corrected chi connectivity index (χ2v) is 23.6. The first-order valence-electron chi connectivity index (χ1n) is 24.7. The maximum Gasteiger partial charge on any atom is 0.212 e. The Kier molecular flexibility index (Phi) is 8.20. The van der Waals surface area contributed by atoms with E-state index >= 15 is 0 Å². The molecule has 3 aliphatic rings. The molecule has 10 aromatic rings. The fourth-order valence-electron chi connectivity index (χ4n) is 12.8. The molecule has 1 N–H and O–H groups in total. The van der Waals surface area contributed by atoms with E-state index in [1.54, 1.807) is 0 Å². The molecule has 0 saturated heterocycles. The van der Waals surface area contributed by atoms with Gasteiger partial charge >= 0.3 is 0 Å². The highest BCUT2D eigenvalue weighted by Gasteiger charge is 2.42. The Labute approximate surface area is 401 Å². The molecule has 0 unspecified atom stereocenters. The van der Waals surface area contributed by atoms with E-state index in [1.807, 2.05) is 0 Å². The van der Waals surface area contributed by atoms with Crippen LogP contribution in [-0.2, 0) is 21.7 Å². The summed E-state index contributed by atoms with van der Waals surface area (Å²) >= 11 is 0. The van der Waals surface area contributed by atoms with E-state index in [1.165, 1.54) is 111 Å². The van der Waals surface area contributed by atoms with Crippen molar-refractivity contribution in [1.29, 1.82) is 0 Å². The molecule has 4 heteroatoms. The van der Waals surface area contributed by atoms with E-state index in [-0.39, 0.29) is 28.4 Å². The van der Waals surface area contributed by atoms with Crippen molar-refractivity contribution in [2.45, 2.75) is 105 Å². The normalized spacial score (nSPS) is 15.3. The second kappa shape index (κ2) is 13.5. The van der Waals surface area contributed by atoms with Gasteiger partial charge in [0.25, 0.3) is 0 Å². The second-order valence-electron chi connectivity index (χ2n) is 23.6. The molecule has 13 rings (SSSR count). The minimum absolute atomic E-state index is 0.0251. The first-order valence-corrected chi connectivity index (χ1v) is 24.7. The molecule has 2 aromatic heterocycles. The smallest absolute Gasteiger partial charge is 0.212 e. The number of rotatable bonds is 3. The van der Waals surface area contributed by atoms with Crippen LogP contribution in [0.1, 0.15) is 108 Å². The summed E-state index contributed by atoms with van der Waals surface area (Å²) in [5.41, 5.74) is 27.7. The van der Waals surface area contributed by atoms with Gasteiger partial charge in [0.1, 0.15) is 11.2 Å². The average Bonchev–Trinajstić information content (AvgIpc) is 3.97. The van der Waals surface area contributed by atoms with Crippen LogP contribution >= 0.6 is 0 Å². The Balaban J connectivity index is 1.14. The van der Waals surface area contributed by atoms with Crippen LogP contribution in [0.3, 0.4) is 0 Å². The van der Waals surface area contributed by atoms with Crippen LogP contribution in [0, 0.1) is 6.92 Å². The highest BCUT2D eigenvalue weighted by Crippen LogP contribution is 2.54. The van der Waals surface area contributed by atoms with Gasteiger partial charge in [0.15, 0.2) is 0 Å². The first kappa shape index (κ1) is 41.4. The lowest BCUT2D eigenvalue weighted by atomic mass is 9.39. The van der Waals surface area contributed by atoms with E-state index in [2.05, 4.69) is 226 Å². The monoisotopic (exact) mass is 882 g/mol. The summed E-state index contributed by atoms with van der Waals surface area (Å²) in [7, 11) is 0. The summed E-state index contributed by atoms with van der Waals surface area (Å²) in [6, 6.07) is 51.3. The zero-order chi connectivity index (χ0) is 47.1. The number of furan rings is 1. The van der Waals surface area contributed by atoms with Crippen LogP contribution in [0.15, 0.2) is 138 Å². The molecule has 1 aliphatic heterocycles. The standard InChI is InChI=1S/C64H59BN2O/c1-35-27-46(44-29-42-41-28-37(62(5,6)7)23-26-49(41)64(10,11)50(42)32-53(44)66-38-24-21-36(22-25-38)61(2,3)4)59-60-58(35)47-30-45-40-18-14-16-20-56(40)68-57(45)34-54(47)67(60)55-33-51-43(31-52(55)65(59)12)39-17-13-15-19-48(39)63(51,8)9/h13-34,66H,1-12H3. The Hall–Kier alpha value is -6.78. The lowest BCUT2D eigenvalue weighted by molar-refractivity contribution is 0.589. The number of aryl methyl sites for hydroxylation is 1. The third-order valence-corrected chi connectivity index (χ3v) is 16.6. The van der Waals surface area contributed by atoms with Crippen molar-refractivity contribution in [2.24, 2.45) is 0 Å². The fraction of sp³-hybridized carbons (Fsp3) is 0.250. The van der Waals surface area contributed by atoms with E-state index in [9.17, 15) is 0 Å². The van der Waals surface area contributed by atoms with Crippen molar-refractivity contribution in [3.8, 4) is 39.1 Å². The number of benzene rings is 8. The van der Waals surface area contributed by atoms with Crippen LogP contribution in [0.2, 0.25) is 6.82 Å². The lowest BCUT2D eigenvalue weighted by Crippen LogP contribution is -2.47. The van der Waals surface area contributed by atoms with Crippen molar-refractivity contribution in [2.75, 3.05) is 5.32 Å². The molecule has 68 heavy (non-hydrogen) atoms. The van der Waals surface area contributed by atoms with Crippen LogP contribution in [0.5, 0.6) is 0 Å². The van der Waals surface area contributed by atoms with Crippen molar-refractivity contribution < 1.29 is 4.42 Å². The molecule has 0 bridgehead atoms. The molecule has 0 saturated carbocycles. The predicted molar refractivity (Wildman–Crippen MR) is 291 cm³/mol. The summed E-state index contributed by atoms with van der Waals surface area (Å²) in [6.45, 7) is 28.4. The molecular weight excluding hydrogens is 824 g/mol. The van der Waals surface area contributed by atoms with Gasteiger partial charge in [0.05, 0.1) is 5.52 Å². The molecule has 334 valence electrons. The molecule has 0 radical (unpaired) electrons. The summed E-state index contributed by atoms with van der Waals surface area (Å²) in [4.78, 5) is 0. The van der Waals surface area contributed by atoms with Gasteiger partial charge in [-0.15, -0.1) is 0 Å². The zero-order valence-corrected chi connectivity index (χ0v) is 41.6. The molecular formula is C64H59BN2O. The Morgan fingerprint density at radius 2 is 1.18 bits per heavy atom. The van der Waals surface area contributed by atoms with Gasteiger partial charge in [-0.1, -0.05) is 166 Å². The van der Waals surface area contributed by atoms with E-state index in [0.717, 1.165) is 33.3 Å². The predicted octanol–water partition coefficient (Wildman–Crippen LogP) is 16.2. The number of fused-ring (bicyclic) bond motifs is 14. The van der Waals surface area contributed by atoms with Crippen LogP contribution < -0.4 is 16.2 Å². The zero-order valence-electron chi connectivity index (χ0n) is 41.6. The number of hydrogen-bond acceptors (Lipinski definition) is 2. The van der Waals surface area contributed by atoms with Crippen LogP contribution in [-0.4, -0.2) is 11.3 Å². The maximum atomic E-state index is 6.68. The lowest BCUT2D eigenvalue weighted by Gasteiger charge is -2.30. The molecule has 0 spiro atoms. The van der Waals surface area contributed by atoms with Gasteiger partial charge in [-0.25, -0.2) is 0 Å². The number of nitrogens with one attached hydrogen (secondary N) is 1. The molecule has 0 fully saturated rings. The number of hydrogen-bond donors (Lipinski definition) is 1. The van der Waals surface area contributed by atoms with Gasteiger partial charge in [0, 0.05) is 66.6 Å². The SMILES string of the molecule is CB1c2cc3c(cc2-n2c4cc5oc6ccccc6c5cc4c4c(C)cc(-c5cc6c(cc5Nc5ccc(C(C)(C)C)cc5)C(C)(C)c5ccc(C(C)(C)C)cc5-6)c1c42)C(C)(C)c1ccccc1-3. The Bertz CT molecular complexity index is 3860. The third-order valence-electron chi connectivity index (χ3n) is 16.6. The first-order chi connectivity index (χ1) is 32.3. The summed E-state index contributed by atoms with van der Waals surface area (Å²) in [6.07, 6.45) is 0. The van der Waals surface area contributed by atoms with E-state index < -0.39 is 0 Å². The molecule has 3 nitrogen and oxygen atoms in total. The van der Waals surface area contributed by atoms with Gasteiger partial charge < -0.3 is 14.3 Å². The quantitative estimate of drug-likeness (QED) is 0.179. The van der Waals surface area contributed by atoms with Gasteiger partial charge in [-0.3, -0.25) is 0 Å². The van der Waals surface area contributed by atoms with Crippen molar-refractivity contribution in [3.63, 3.8) is 0 Å². The third kappa shape index (κ3) is 5.55. The summed E-state index contributed by atoms with van der Waals surface area (Å²) in [5, 5.41) is 8.97. The molecule has 8 aromatic carbocycles. The highest BCUT2D eigenvalue weighted by atomic mass is 16.3. The Morgan fingerprint density at radius 3 is 1.93 bits per heavy atom. The topological polar surface area (TPSA) is 30.1 Å². The van der Waals surface area contributed by atoms with E-state index in [4.69, 9.17) is 4.42 Å². The molecule has 0 amide bonds. The van der Waals surface area contributed by atoms with Crippen LogP contribution in [0.4, 0.5) is 11.4 Å². The van der Waals surface area contributed by atoms with Crippen LogP contribution in [0.25, 0.3) is 82.8 Å². The minimum atomic E-state index is -0.176. The number of nitrogens with zero attached hydrogens (tertiary/aromatic N) is 1. The number of para-hydroxylation sites is 1. The Morgan fingerprint density at radius 1 is 0.529 bits per heavy atom. The highest BCUT2D eigenvalue weighted by molar-refractivity contribution is 6.88. The van der Waals surface area contributed by atoms with Gasteiger partial charge in [-0.05, 0) is 132 Å². The fourth-order valence-corrected chi connectivity index (χ4v) is 12.8. The molecule has 2 aliphatic carbocycles. The van der Waals surface area contributed by atoms with E-state index in [0.29, 0.717) is 0 Å². The van der Waals surface area contributed by atoms with Crippen molar-refractivity contribution >= 4 is 72.8 Å². The number of aromatic nitrogens is 1. The molecule has 0 atom stereocenters. The maximum absolute atomic E-state index is 6.68. The van der Waals surface area contributed by atoms with Crippen molar-refractivity contribution in [1.82, 2.24) is 4.57 Å². The average molecular weight is 883 g/mol. The van der Waals surface area contributed by atoms with Gasteiger partial charge in [-0.2, -0.15) is 0 Å². The number of anilines is 2. The summed E-state index contributed by atoms with van der Waals surface area (Å²) < 4.78 is 9.30. The largest absolute Gasteiger partial charge is 0.456 e. The van der Waals surface area contributed by atoms with Crippen molar-refractivity contribution in [3.05, 3.63) is 172 Å².